The zero-order valence-electron chi connectivity index (χ0n) is 13.1. The van der Waals surface area contributed by atoms with Crippen molar-refractivity contribution in [2.24, 2.45) is 0 Å². The Hall–Kier alpha value is -3.04. The summed E-state index contributed by atoms with van der Waals surface area (Å²) in [6, 6.07) is 23.9. The second-order valence-electron chi connectivity index (χ2n) is 5.54. The lowest BCUT2D eigenvalue weighted by Gasteiger charge is -2.06. The van der Waals surface area contributed by atoms with Gasteiger partial charge in [0, 0.05) is 16.0 Å². The normalized spacial score (nSPS) is 10.8. The van der Waals surface area contributed by atoms with Gasteiger partial charge in [-0.2, -0.15) is 0 Å². The van der Waals surface area contributed by atoms with E-state index in [1.807, 2.05) is 48.5 Å². The van der Waals surface area contributed by atoms with Crippen LogP contribution in [0.3, 0.4) is 0 Å². The maximum Gasteiger partial charge on any atom is 0.379 e. The van der Waals surface area contributed by atoms with Gasteiger partial charge in [-0.25, -0.2) is 4.79 Å². The monoisotopic (exact) mass is 348 g/mol. The lowest BCUT2D eigenvalue weighted by atomic mass is 10.1. The summed E-state index contributed by atoms with van der Waals surface area (Å²) in [5, 5.41) is 2.53. The van der Waals surface area contributed by atoms with E-state index in [1.165, 1.54) is 0 Å². The summed E-state index contributed by atoms with van der Waals surface area (Å²) in [4.78, 5) is 12.4. The fourth-order valence-corrected chi connectivity index (χ4v) is 2.78. The molecule has 0 fully saturated rings. The summed E-state index contributed by atoms with van der Waals surface area (Å²) in [5.74, 6) is 0.712. The number of furan rings is 1. The Kier molecular flexibility index (Phi) is 4.00. The van der Waals surface area contributed by atoms with Gasteiger partial charge in [0.2, 0.25) is 5.76 Å². The first kappa shape index (κ1) is 15.5. The van der Waals surface area contributed by atoms with Gasteiger partial charge in [0.05, 0.1) is 0 Å². The summed E-state index contributed by atoms with van der Waals surface area (Å²) < 4.78 is 11.2. The van der Waals surface area contributed by atoms with Crippen LogP contribution < -0.4 is 4.74 Å². The molecule has 4 aromatic rings. The zero-order chi connectivity index (χ0) is 17.2. The topological polar surface area (TPSA) is 39.4 Å². The van der Waals surface area contributed by atoms with Crippen LogP contribution in [-0.2, 0) is 0 Å². The number of hydrogen-bond acceptors (Lipinski definition) is 3. The van der Waals surface area contributed by atoms with Gasteiger partial charge in [0.15, 0.2) is 0 Å². The van der Waals surface area contributed by atoms with Crippen molar-refractivity contribution in [1.82, 2.24) is 0 Å². The Morgan fingerprint density at radius 3 is 2.44 bits per heavy atom. The van der Waals surface area contributed by atoms with E-state index in [9.17, 15) is 4.79 Å². The van der Waals surface area contributed by atoms with Crippen LogP contribution in [0.25, 0.3) is 22.1 Å². The molecule has 0 radical (unpaired) electrons. The third-order valence-electron chi connectivity index (χ3n) is 3.89. The van der Waals surface area contributed by atoms with Crippen molar-refractivity contribution in [3.63, 3.8) is 0 Å². The average Bonchev–Trinajstić information content (AvgIpc) is 3.13. The lowest BCUT2D eigenvalue weighted by Crippen LogP contribution is -2.07. The minimum Gasteiger partial charge on any atom is -0.449 e. The molecule has 4 heteroatoms. The van der Waals surface area contributed by atoms with Crippen molar-refractivity contribution in [1.29, 1.82) is 0 Å². The van der Waals surface area contributed by atoms with Gasteiger partial charge < -0.3 is 9.15 Å². The Morgan fingerprint density at radius 1 is 0.840 bits per heavy atom. The molecule has 0 aliphatic heterocycles. The van der Waals surface area contributed by atoms with Gasteiger partial charge in [-0.15, -0.1) is 0 Å². The average molecular weight is 349 g/mol. The van der Waals surface area contributed by atoms with Crippen molar-refractivity contribution >= 4 is 28.3 Å². The quantitative estimate of drug-likeness (QED) is 0.338. The van der Waals surface area contributed by atoms with E-state index in [-0.39, 0.29) is 5.76 Å². The van der Waals surface area contributed by atoms with E-state index >= 15 is 0 Å². The van der Waals surface area contributed by atoms with E-state index in [1.54, 1.807) is 30.3 Å². The van der Waals surface area contributed by atoms with Crippen molar-refractivity contribution in [3.05, 3.63) is 89.6 Å². The molecular weight excluding hydrogens is 336 g/mol. The third kappa shape index (κ3) is 3.14. The molecule has 0 saturated heterocycles. The summed E-state index contributed by atoms with van der Waals surface area (Å²) >= 11 is 5.89. The van der Waals surface area contributed by atoms with Crippen LogP contribution in [0.15, 0.2) is 83.3 Å². The first-order valence-electron chi connectivity index (χ1n) is 7.76. The number of carbonyl (C=O) groups is 1. The van der Waals surface area contributed by atoms with E-state index in [2.05, 4.69) is 0 Å². The number of halogens is 1. The van der Waals surface area contributed by atoms with Crippen LogP contribution in [0.5, 0.6) is 5.75 Å². The van der Waals surface area contributed by atoms with E-state index in [4.69, 9.17) is 20.8 Å². The highest BCUT2D eigenvalue weighted by Crippen LogP contribution is 2.28. The van der Waals surface area contributed by atoms with E-state index in [0.29, 0.717) is 16.5 Å². The summed E-state index contributed by atoms with van der Waals surface area (Å²) in [5.41, 5.74) is 0.841. The summed E-state index contributed by atoms with van der Waals surface area (Å²) in [6.45, 7) is 0. The van der Waals surface area contributed by atoms with Crippen molar-refractivity contribution < 1.29 is 13.9 Å². The molecule has 1 aromatic heterocycles. The second-order valence-corrected chi connectivity index (χ2v) is 5.97. The van der Waals surface area contributed by atoms with Crippen LogP contribution in [0, 0.1) is 0 Å². The summed E-state index contributed by atoms with van der Waals surface area (Å²) in [7, 11) is 0. The number of benzene rings is 3. The fraction of sp³-hybridized carbons (Fsp3) is 0. The van der Waals surface area contributed by atoms with Crippen LogP contribution >= 0.6 is 11.6 Å². The standard InChI is InChI=1S/C21H13ClO3/c22-16-10-8-15(9-11-16)18-12-13-20(24-18)21(23)25-19-7-3-5-14-4-1-2-6-17(14)19/h1-13H. The Bertz CT molecular complexity index is 1040. The number of rotatable bonds is 3. The highest BCUT2D eigenvalue weighted by Gasteiger charge is 2.16. The predicted molar refractivity (Wildman–Crippen MR) is 98.1 cm³/mol. The molecule has 0 bridgehead atoms. The Morgan fingerprint density at radius 2 is 1.60 bits per heavy atom. The molecule has 4 rings (SSSR count). The SMILES string of the molecule is O=C(Oc1cccc2ccccc12)c1ccc(-c2ccc(Cl)cc2)o1. The number of carbonyl (C=O) groups excluding carboxylic acids is 1. The van der Waals surface area contributed by atoms with Crippen molar-refractivity contribution in [2.45, 2.75) is 0 Å². The lowest BCUT2D eigenvalue weighted by molar-refractivity contribution is 0.0705. The molecule has 0 saturated carbocycles. The van der Waals surface area contributed by atoms with Crippen LogP contribution in [0.1, 0.15) is 10.6 Å². The van der Waals surface area contributed by atoms with Gasteiger partial charge in [-0.1, -0.05) is 48.0 Å². The minimum atomic E-state index is -0.531. The van der Waals surface area contributed by atoms with E-state index in [0.717, 1.165) is 16.3 Å². The zero-order valence-corrected chi connectivity index (χ0v) is 13.9. The predicted octanol–water partition coefficient (Wildman–Crippen LogP) is 5.97. The molecule has 3 nitrogen and oxygen atoms in total. The smallest absolute Gasteiger partial charge is 0.379 e. The van der Waals surface area contributed by atoms with Crippen LogP contribution in [0.2, 0.25) is 5.02 Å². The first-order chi connectivity index (χ1) is 12.2. The van der Waals surface area contributed by atoms with Crippen LogP contribution in [-0.4, -0.2) is 5.97 Å². The first-order valence-corrected chi connectivity index (χ1v) is 8.14. The number of ether oxygens (including phenoxy) is 1. The highest BCUT2D eigenvalue weighted by molar-refractivity contribution is 6.30. The van der Waals surface area contributed by atoms with Gasteiger partial charge in [0.1, 0.15) is 11.5 Å². The van der Waals surface area contributed by atoms with Crippen molar-refractivity contribution in [3.8, 4) is 17.1 Å². The summed E-state index contributed by atoms with van der Waals surface area (Å²) in [6.07, 6.45) is 0. The fourth-order valence-electron chi connectivity index (χ4n) is 2.65. The van der Waals surface area contributed by atoms with E-state index < -0.39 is 5.97 Å². The molecule has 0 spiro atoms. The molecule has 1 heterocycles. The number of fused-ring (bicyclic) bond motifs is 1. The van der Waals surface area contributed by atoms with Gasteiger partial charge in [-0.05, 0) is 47.9 Å². The molecule has 0 amide bonds. The molecule has 3 aromatic carbocycles. The van der Waals surface area contributed by atoms with Crippen molar-refractivity contribution in [2.75, 3.05) is 0 Å². The molecule has 0 aliphatic rings. The molecule has 0 atom stereocenters. The molecule has 0 unspecified atom stereocenters. The Labute approximate surface area is 149 Å². The molecule has 25 heavy (non-hydrogen) atoms. The Balaban J connectivity index is 1.60. The maximum absolute atomic E-state index is 12.4. The molecular formula is C21H13ClO3. The molecule has 0 aliphatic carbocycles. The molecule has 122 valence electrons. The van der Waals surface area contributed by atoms with Gasteiger partial charge in [-0.3, -0.25) is 0 Å². The second kappa shape index (κ2) is 6.46. The van der Waals surface area contributed by atoms with Gasteiger partial charge in [0.25, 0.3) is 0 Å². The largest absolute Gasteiger partial charge is 0.449 e. The molecule has 0 N–H and O–H groups in total. The minimum absolute atomic E-state index is 0.151. The van der Waals surface area contributed by atoms with Crippen LogP contribution in [0.4, 0.5) is 0 Å². The highest BCUT2D eigenvalue weighted by atomic mass is 35.5. The maximum atomic E-state index is 12.4. The third-order valence-corrected chi connectivity index (χ3v) is 4.14. The van der Waals surface area contributed by atoms with Gasteiger partial charge >= 0.3 is 5.97 Å². The number of hydrogen-bond donors (Lipinski definition) is 0. The number of esters is 1.